The highest BCUT2D eigenvalue weighted by Gasteiger charge is 2.05. The average molecular weight is 257 g/mol. The van der Waals surface area contributed by atoms with Crippen LogP contribution in [0.3, 0.4) is 0 Å². The second kappa shape index (κ2) is 4.27. The number of hydrogen-bond acceptors (Lipinski definition) is 2. The van der Waals surface area contributed by atoms with Crippen LogP contribution in [0.2, 0.25) is 5.02 Å². The molecule has 4 heteroatoms. The summed E-state index contributed by atoms with van der Waals surface area (Å²) < 4.78 is 1.52. The summed E-state index contributed by atoms with van der Waals surface area (Å²) in [5.41, 5.74) is 1.31. The van der Waals surface area contributed by atoms with Crippen LogP contribution >= 0.6 is 11.6 Å². The molecule has 0 aliphatic rings. The summed E-state index contributed by atoms with van der Waals surface area (Å²) >= 11 is 5.88. The summed E-state index contributed by atoms with van der Waals surface area (Å²) in [6.45, 7) is 0. The molecular weight excluding hydrogens is 248 g/mol. The minimum Gasteiger partial charge on any atom is -0.268 e. The van der Waals surface area contributed by atoms with Gasteiger partial charge >= 0.3 is 0 Å². The van der Waals surface area contributed by atoms with Crippen molar-refractivity contribution in [2.24, 2.45) is 0 Å². The van der Waals surface area contributed by atoms with Crippen LogP contribution in [0.4, 0.5) is 0 Å². The van der Waals surface area contributed by atoms with Crippen molar-refractivity contribution >= 4 is 22.5 Å². The summed E-state index contributed by atoms with van der Waals surface area (Å²) in [7, 11) is 0. The van der Waals surface area contributed by atoms with Crippen LogP contribution in [0.5, 0.6) is 0 Å². The maximum atomic E-state index is 12.3. The van der Waals surface area contributed by atoms with Crippen molar-refractivity contribution in [2.45, 2.75) is 0 Å². The predicted molar refractivity (Wildman–Crippen MR) is 72.4 cm³/mol. The van der Waals surface area contributed by atoms with E-state index >= 15 is 0 Å². The first-order chi connectivity index (χ1) is 8.75. The van der Waals surface area contributed by atoms with Gasteiger partial charge in [-0.15, -0.1) is 0 Å². The fourth-order valence-electron chi connectivity index (χ4n) is 1.87. The van der Waals surface area contributed by atoms with Crippen LogP contribution in [0.15, 0.2) is 59.7 Å². The molecule has 1 heterocycles. The van der Waals surface area contributed by atoms with Crippen LogP contribution < -0.4 is 5.56 Å². The van der Waals surface area contributed by atoms with Crippen LogP contribution in [-0.4, -0.2) is 9.55 Å². The van der Waals surface area contributed by atoms with E-state index in [4.69, 9.17) is 11.6 Å². The first-order valence-electron chi connectivity index (χ1n) is 5.48. The fraction of sp³-hybridized carbons (Fsp3) is 0. The van der Waals surface area contributed by atoms with Crippen molar-refractivity contribution in [1.29, 1.82) is 0 Å². The van der Waals surface area contributed by atoms with Gasteiger partial charge in [0.1, 0.15) is 6.33 Å². The summed E-state index contributed by atoms with van der Waals surface area (Å²) in [6, 6.07) is 14.5. The third-order valence-electron chi connectivity index (χ3n) is 2.76. The van der Waals surface area contributed by atoms with E-state index in [1.54, 1.807) is 18.2 Å². The summed E-state index contributed by atoms with van der Waals surface area (Å²) in [5.74, 6) is 0. The Labute approximate surface area is 108 Å². The second-order valence-corrected chi connectivity index (χ2v) is 4.35. The average Bonchev–Trinajstić information content (AvgIpc) is 2.40. The number of halogens is 1. The molecule has 3 rings (SSSR count). The van der Waals surface area contributed by atoms with Gasteiger partial charge in [0.15, 0.2) is 0 Å². The summed E-state index contributed by atoms with van der Waals surface area (Å²) in [5, 5.41) is 1.14. The van der Waals surface area contributed by atoms with Gasteiger partial charge in [-0.2, -0.15) is 0 Å². The zero-order valence-corrected chi connectivity index (χ0v) is 10.1. The number of hydrogen-bond donors (Lipinski definition) is 0. The largest absolute Gasteiger partial charge is 0.268 e. The van der Waals surface area contributed by atoms with E-state index in [1.807, 2.05) is 30.3 Å². The molecule has 1 aromatic heterocycles. The summed E-state index contributed by atoms with van der Waals surface area (Å²) in [6.07, 6.45) is 1.52. The molecule has 0 aliphatic heterocycles. The minimum absolute atomic E-state index is 0.0946. The standard InChI is InChI=1S/C14H9ClN2O/c15-10-6-7-12-13(8-10)16-9-17(14(12)18)11-4-2-1-3-5-11/h1-9H. The Bertz CT molecular complexity index is 766. The van der Waals surface area contributed by atoms with E-state index in [1.165, 1.54) is 10.9 Å². The Kier molecular flexibility index (Phi) is 2.61. The van der Waals surface area contributed by atoms with Crippen molar-refractivity contribution in [3.8, 4) is 5.69 Å². The van der Waals surface area contributed by atoms with Crippen molar-refractivity contribution in [3.63, 3.8) is 0 Å². The van der Waals surface area contributed by atoms with Gasteiger partial charge in [0.05, 0.1) is 16.6 Å². The number of rotatable bonds is 1. The molecule has 0 aliphatic carbocycles. The normalized spacial score (nSPS) is 10.7. The molecule has 3 aromatic rings. The van der Waals surface area contributed by atoms with Gasteiger partial charge in [-0.25, -0.2) is 4.98 Å². The monoisotopic (exact) mass is 256 g/mol. The molecule has 0 atom stereocenters. The third kappa shape index (κ3) is 1.79. The smallest absolute Gasteiger partial charge is 0.265 e. The van der Waals surface area contributed by atoms with Crippen LogP contribution in [0, 0.1) is 0 Å². The maximum Gasteiger partial charge on any atom is 0.265 e. The first-order valence-corrected chi connectivity index (χ1v) is 5.86. The lowest BCUT2D eigenvalue weighted by atomic mass is 10.2. The third-order valence-corrected chi connectivity index (χ3v) is 2.99. The molecule has 0 bridgehead atoms. The van der Waals surface area contributed by atoms with Gasteiger partial charge in [-0.3, -0.25) is 9.36 Å². The molecule has 0 N–H and O–H groups in total. The van der Waals surface area contributed by atoms with E-state index in [0.29, 0.717) is 15.9 Å². The van der Waals surface area contributed by atoms with Crippen molar-refractivity contribution < 1.29 is 0 Å². The fourth-order valence-corrected chi connectivity index (χ4v) is 2.03. The quantitative estimate of drug-likeness (QED) is 0.671. The van der Waals surface area contributed by atoms with Crippen molar-refractivity contribution in [1.82, 2.24) is 9.55 Å². The number of fused-ring (bicyclic) bond motifs is 1. The molecule has 0 amide bonds. The lowest BCUT2D eigenvalue weighted by Gasteiger charge is -2.06. The van der Waals surface area contributed by atoms with Gasteiger partial charge in [0.25, 0.3) is 5.56 Å². The minimum atomic E-state index is -0.0946. The molecule has 88 valence electrons. The summed E-state index contributed by atoms with van der Waals surface area (Å²) in [4.78, 5) is 16.6. The van der Waals surface area contributed by atoms with Gasteiger partial charge in [-0.1, -0.05) is 29.8 Å². The Morgan fingerprint density at radius 3 is 2.61 bits per heavy atom. The van der Waals surface area contributed by atoms with E-state index < -0.39 is 0 Å². The van der Waals surface area contributed by atoms with Crippen LogP contribution in [0.25, 0.3) is 16.6 Å². The second-order valence-electron chi connectivity index (χ2n) is 3.92. The first kappa shape index (κ1) is 11.0. The van der Waals surface area contributed by atoms with Crippen molar-refractivity contribution in [2.75, 3.05) is 0 Å². The Balaban J connectivity index is 2.31. The van der Waals surface area contributed by atoms with Gasteiger partial charge in [0.2, 0.25) is 0 Å². The number of nitrogens with zero attached hydrogens (tertiary/aromatic N) is 2. The molecule has 0 unspecified atom stereocenters. The van der Waals surface area contributed by atoms with Crippen LogP contribution in [0.1, 0.15) is 0 Å². The Morgan fingerprint density at radius 1 is 1.06 bits per heavy atom. The molecule has 3 nitrogen and oxygen atoms in total. The predicted octanol–water partition coefficient (Wildman–Crippen LogP) is 3.04. The number of para-hydroxylation sites is 1. The molecular formula is C14H9ClN2O. The van der Waals surface area contributed by atoms with Gasteiger partial charge in [0, 0.05) is 5.02 Å². The lowest BCUT2D eigenvalue weighted by Crippen LogP contribution is -2.18. The molecule has 2 aromatic carbocycles. The van der Waals surface area contributed by atoms with E-state index in [2.05, 4.69) is 4.98 Å². The van der Waals surface area contributed by atoms with Gasteiger partial charge < -0.3 is 0 Å². The Morgan fingerprint density at radius 2 is 1.83 bits per heavy atom. The highest BCUT2D eigenvalue weighted by molar-refractivity contribution is 6.31. The topological polar surface area (TPSA) is 34.9 Å². The zero-order chi connectivity index (χ0) is 12.5. The molecule has 0 saturated carbocycles. The molecule has 18 heavy (non-hydrogen) atoms. The highest BCUT2D eigenvalue weighted by Crippen LogP contribution is 2.15. The highest BCUT2D eigenvalue weighted by atomic mass is 35.5. The van der Waals surface area contributed by atoms with E-state index in [-0.39, 0.29) is 5.56 Å². The number of aromatic nitrogens is 2. The maximum absolute atomic E-state index is 12.3. The van der Waals surface area contributed by atoms with E-state index in [0.717, 1.165) is 5.69 Å². The zero-order valence-electron chi connectivity index (χ0n) is 9.38. The number of benzene rings is 2. The molecule has 0 spiro atoms. The lowest BCUT2D eigenvalue weighted by molar-refractivity contribution is 0.963. The molecule has 0 saturated heterocycles. The SMILES string of the molecule is O=c1c2ccc(Cl)cc2ncn1-c1ccccc1. The van der Waals surface area contributed by atoms with Crippen LogP contribution in [-0.2, 0) is 0 Å². The molecule has 0 radical (unpaired) electrons. The molecule has 0 fully saturated rings. The van der Waals surface area contributed by atoms with Gasteiger partial charge in [-0.05, 0) is 30.3 Å². The Hall–Kier alpha value is -2.13. The van der Waals surface area contributed by atoms with E-state index in [9.17, 15) is 4.79 Å². The van der Waals surface area contributed by atoms with Crippen molar-refractivity contribution in [3.05, 3.63) is 70.2 Å².